The lowest BCUT2D eigenvalue weighted by molar-refractivity contribution is 0.287. The molecule has 0 radical (unpaired) electrons. The van der Waals surface area contributed by atoms with Crippen molar-refractivity contribution in [1.29, 1.82) is 0 Å². The molecule has 0 spiro atoms. The molecule has 0 bridgehead atoms. The normalized spacial score (nSPS) is 14.6. The number of hydrogen-bond acceptors (Lipinski definition) is 2. The zero-order valence-corrected chi connectivity index (χ0v) is 11.6. The van der Waals surface area contributed by atoms with E-state index in [1.807, 2.05) is 0 Å². The van der Waals surface area contributed by atoms with E-state index >= 15 is 0 Å². The van der Waals surface area contributed by atoms with E-state index in [9.17, 15) is 0 Å². The lowest BCUT2D eigenvalue weighted by Gasteiger charge is -2.24. The van der Waals surface area contributed by atoms with Gasteiger partial charge in [-0.25, -0.2) is 0 Å². The molecule has 0 saturated heterocycles. The lowest BCUT2D eigenvalue weighted by Crippen LogP contribution is -2.40. The van der Waals surface area contributed by atoms with E-state index in [0.717, 1.165) is 19.0 Å². The fourth-order valence-electron chi connectivity index (χ4n) is 1.38. The van der Waals surface area contributed by atoms with Crippen LogP contribution in [0.2, 0.25) is 0 Å². The number of nitrogens with one attached hydrogen (secondary N) is 1. The summed E-state index contributed by atoms with van der Waals surface area (Å²) in [4.78, 5) is 2.42. The van der Waals surface area contributed by atoms with Crippen molar-refractivity contribution in [1.82, 2.24) is 10.2 Å². The summed E-state index contributed by atoms with van der Waals surface area (Å²) in [6.45, 7) is 14.7. The van der Waals surface area contributed by atoms with Crippen LogP contribution in [0.1, 0.15) is 47.5 Å². The molecule has 2 nitrogen and oxygen atoms in total. The second kappa shape index (κ2) is 7.24. The number of nitrogens with zero attached hydrogens (tertiary/aromatic N) is 1. The minimum Gasteiger partial charge on any atom is -0.311 e. The van der Waals surface area contributed by atoms with Crippen LogP contribution in [-0.4, -0.2) is 37.1 Å². The molecule has 1 atom stereocenters. The highest BCUT2D eigenvalue weighted by Crippen LogP contribution is 2.06. The van der Waals surface area contributed by atoms with Crippen LogP contribution in [-0.2, 0) is 0 Å². The summed E-state index contributed by atoms with van der Waals surface area (Å²) < 4.78 is 0. The molecule has 92 valence electrons. The van der Waals surface area contributed by atoms with Crippen molar-refractivity contribution in [2.24, 2.45) is 5.92 Å². The van der Waals surface area contributed by atoms with Gasteiger partial charge in [0, 0.05) is 18.6 Å². The van der Waals surface area contributed by atoms with E-state index < -0.39 is 0 Å². The molecule has 0 amide bonds. The molecule has 0 aliphatic rings. The summed E-state index contributed by atoms with van der Waals surface area (Å²) in [5, 5.41) is 3.51. The summed E-state index contributed by atoms with van der Waals surface area (Å²) in [7, 11) is 2.22. The van der Waals surface area contributed by atoms with Gasteiger partial charge in [0.25, 0.3) is 0 Å². The number of rotatable bonds is 7. The third kappa shape index (κ3) is 10.2. The summed E-state index contributed by atoms with van der Waals surface area (Å²) in [6.07, 6.45) is 2.62. The molecule has 2 heteroatoms. The van der Waals surface area contributed by atoms with Gasteiger partial charge in [-0.2, -0.15) is 0 Å². The summed E-state index contributed by atoms with van der Waals surface area (Å²) >= 11 is 0. The van der Waals surface area contributed by atoms with E-state index in [1.54, 1.807) is 0 Å². The van der Waals surface area contributed by atoms with Crippen molar-refractivity contribution < 1.29 is 0 Å². The van der Waals surface area contributed by atoms with Crippen LogP contribution in [0, 0.1) is 5.92 Å². The zero-order chi connectivity index (χ0) is 11.9. The van der Waals surface area contributed by atoms with Gasteiger partial charge < -0.3 is 10.2 Å². The van der Waals surface area contributed by atoms with Crippen molar-refractivity contribution in [3.05, 3.63) is 0 Å². The molecular weight excluding hydrogens is 184 g/mol. The molecule has 0 heterocycles. The molecule has 0 aromatic carbocycles. The Morgan fingerprint density at radius 3 is 2.27 bits per heavy atom. The predicted molar refractivity (Wildman–Crippen MR) is 69.3 cm³/mol. The minimum absolute atomic E-state index is 0.248. The van der Waals surface area contributed by atoms with Crippen LogP contribution in [0.25, 0.3) is 0 Å². The maximum absolute atomic E-state index is 3.51. The largest absolute Gasteiger partial charge is 0.311 e. The molecule has 15 heavy (non-hydrogen) atoms. The second-order valence-electron chi connectivity index (χ2n) is 5.78. The van der Waals surface area contributed by atoms with Gasteiger partial charge in [-0.3, -0.25) is 0 Å². The highest BCUT2D eigenvalue weighted by atomic mass is 15.1. The molecule has 0 saturated carbocycles. The maximum Gasteiger partial charge on any atom is 0.0104 e. The van der Waals surface area contributed by atoms with E-state index in [-0.39, 0.29) is 5.54 Å². The Morgan fingerprint density at radius 2 is 1.80 bits per heavy atom. The van der Waals surface area contributed by atoms with Crippen molar-refractivity contribution in [3.8, 4) is 0 Å². The van der Waals surface area contributed by atoms with Gasteiger partial charge in [0.15, 0.2) is 0 Å². The molecule has 1 unspecified atom stereocenters. The first-order valence-corrected chi connectivity index (χ1v) is 6.28. The monoisotopic (exact) mass is 214 g/mol. The molecule has 0 aliphatic heterocycles. The van der Waals surface area contributed by atoms with Gasteiger partial charge in [-0.15, -0.1) is 0 Å². The molecule has 1 N–H and O–H groups in total. The predicted octanol–water partition coefficient (Wildman–Crippen LogP) is 2.74. The van der Waals surface area contributed by atoms with Gasteiger partial charge in [0.05, 0.1) is 0 Å². The first kappa shape index (κ1) is 14.9. The maximum atomic E-state index is 3.51. The van der Waals surface area contributed by atoms with Crippen molar-refractivity contribution in [2.75, 3.05) is 26.7 Å². The third-order valence-electron chi connectivity index (χ3n) is 2.85. The average Bonchev–Trinajstić information content (AvgIpc) is 2.12. The van der Waals surface area contributed by atoms with Crippen LogP contribution < -0.4 is 5.32 Å². The van der Waals surface area contributed by atoms with E-state index in [2.05, 4.69) is 51.9 Å². The zero-order valence-electron chi connectivity index (χ0n) is 11.6. The van der Waals surface area contributed by atoms with E-state index in [4.69, 9.17) is 0 Å². The third-order valence-corrected chi connectivity index (χ3v) is 2.85. The molecule has 0 aliphatic carbocycles. The smallest absolute Gasteiger partial charge is 0.0104 e. The Morgan fingerprint density at radius 1 is 1.20 bits per heavy atom. The first-order chi connectivity index (χ1) is 6.85. The average molecular weight is 214 g/mol. The Hall–Kier alpha value is -0.0800. The molecule has 0 fully saturated rings. The van der Waals surface area contributed by atoms with E-state index in [1.165, 1.54) is 19.4 Å². The Kier molecular flexibility index (Phi) is 7.20. The molecule has 0 aromatic rings. The summed E-state index contributed by atoms with van der Waals surface area (Å²) in [5.41, 5.74) is 0.248. The molecule has 0 aromatic heterocycles. The van der Waals surface area contributed by atoms with Gasteiger partial charge in [-0.05, 0) is 46.7 Å². The van der Waals surface area contributed by atoms with Crippen LogP contribution in [0.4, 0.5) is 0 Å². The Balaban J connectivity index is 3.45. The highest BCUT2D eigenvalue weighted by molar-refractivity contribution is 4.70. The van der Waals surface area contributed by atoms with Gasteiger partial charge in [-0.1, -0.05) is 20.3 Å². The summed E-state index contributed by atoms with van der Waals surface area (Å²) in [5.74, 6) is 0.864. The minimum atomic E-state index is 0.248. The van der Waals surface area contributed by atoms with E-state index in [0.29, 0.717) is 0 Å². The highest BCUT2D eigenvalue weighted by Gasteiger charge is 2.08. The van der Waals surface area contributed by atoms with Crippen LogP contribution in [0.5, 0.6) is 0 Å². The fraction of sp³-hybridized carbons (Fsp3) is 1.00. The van der Waals surface area contributed by atoms with Crippen molar-refractivity contribution in [3.63, 3.8) is 0 Å². The number of hydrogen-bond donors (Lipinski definition) is 1. The van der Waals surface area contributed by atoms with Crippen LogP contribution in [0.3, 0.4) is 0 Å². The van der Waals surface area contributed by atoms with Gasteiger partial charge >= 0.3 is 0 Å². The SMILES string of the molecule is CCC(C)CCN(C)CCNC(C)(C)C. The quantitative estimate of drug-likeness (QED) is 0.701. The van der Waals surface area contributed by atoms with Crippen LogP contribution >= 0.6 is 0 Å². The van der Waals surface area contributed by atoms with Crippen LogP contribution in [0.15, 0.2) is 0 Å². The van der Waals surface area contributed by atoms with Crippen molar-refractivity contribution in [2.45, 2.75) is 53.0 Å². The Bertz CT molecular complexity index is 149. The second-order valence-corrected chi connectivity index (χ2v) is 5.78. The molecular formula is C13H30N2. The van der Waals surface area contributed by atoms with Crippen molar-refractivity contribution >= 4 is 0 Å². The first-order valence-electron chi connectivity index (χ1n) is 6.28. The number of likely N-dealkylation sites (N-methyl/N-ethyl adjacent to an activating group) is 1. The molecule has 0 rings (SSSR count). The van der Waals surface area contributed by atoms with Gasteiger partial charge in [0.2, 0.25) is 0 Å². The standard InChI is InChI=1S/C13H30N2/c1-7-12(2)8-10-15(6)11-9-14-13(3,4)5/h12,14H,7-11H2,1-6H3. The van der Waals surface area contributed by atoms with Gasteiger partial charge in [0.1, 0.15) is 0 Å². The summed E-state index contributed by atoms with van der Waals surface area (Å²) in [6, 6.07) is 0. The Labute approximate surface area is 96.4 Å². The topological polar surface area (TPSA) is 15.3 Å². The fourth-order valence-corrected chi connectivity index (χ4v) is 1.38. The lowest BCUT2D eigenvalue weighted by atomic mass is 10.1.